The second-order valence-electron chi connectivity index (χ2n) is 6.44. The zero-order valence-corrected chi connectivity index (χ0v) is 17.3. The fraction of sp³-hybridized carbons (Fsp3) is 0.294. The lowest BCUT2D eigenvalue weighted by Gasteiger charge is -2.19. The van der Waals surface area contributed by atoms with Gasteiger partial charge in [-0.3, -0.25) is 19.1 Å². The molecular formula is C17H19N3O7S2. The van der Waals surface area contributed by atoms with E-state index in [4.69, 9.17) is 4.74 Å². The topological polar surface area (TPSA) is 136 Å². The molecule has 2 aromatic rings. The number of sulfonamides is 2. The molecule has 0 bridgehead atoms. The second-order valence-corrected chi connectivity index (χ2v) is 10.1. The highest BCUT2D eigenvalue weighted by Gasteiger charge is 2.29. The summed E-state index contributed by atoms with van der Waals surface area (Å²) >= 11 is 0. The first-order valence-electron chi connectivity index (χ1n) is 8.51. The van der Waals surface area contributed by atoms with Crippen LogP contribution in [-0.2, 0) is 20.0 Å². The number of aryl methyl sites for hydroxylation is 1. The first-order chi connectivity index (χ1) is 13.5. The molecule has 1 saturated heterocycles. The predicted octanol–water partition coefficient (Wildman–Crippen LogP) is 2.25. The fourth-order valence-corrected chi connectivity index (χ4v) is 5.93. The van der Waals surface area contributed by atoms with Gasteiger partial charge in [-0.25, -0.2) is 16.8 Å². The zero-order valence-electron chi connectivity index (χ0n) is 15.7. The summed E-state index contributed by atoms with van der Waals surface area (Å²) in [5.74, 6) is 0.173. The predicted molar refractivity (Wildman–Crippen MR) is 107 cm³/mol. The number of benzene rings is 2. The van der Waals surface area contributed by atoms with E-state index in [0.717, 1.165) is 6.07 Å². The summed E-state index contributed by atoms with van der Waals surface area (Å²) in [5, 5.41) is 11.0. The Kier molecular flexibility index (Phi) is 5.41. The lowest BCUT2D eigenvalue weighted by molar-refractivity contribution is -0.385. The van der Waals surface area contributed by atoms with Crippen molar-refractivity contribution in [3.05, 3.63) is 52.1 Å². The standard InChI is InChI=1S/C17H19N3O7S2/c1-12-4-5-14(20(21)22)11-17(12)29(25,26)18-15-7-6-13(10-16(15)27-2)19-8-3-9-28(19,23)24/h4-7,10-11,18H,3,8-9H2,1-2H3. The number of rotatable bonds is 6. The van der Waals surface area contributed by atoms with E-state index in [0.29, 0.717) is 24.2 Å². The Morgan fingerprint density at radius 2 is 1.93 bits per heavy atom. The number of hydrogen-bond acceptors (Lipinski definition) is 7. The summed E-state index contributed by atoms with van der Waals surface area (Å²) in [4.78, 5) is 10.1. The maximum absolute atomic E-state index is 12.8. The number of methoxy groups -OCH3 is 1. The van der Waals surface area contributed by atoms with Crippen LogP contribution in [0.1, 0.15) is 12.0 Å². The average molecular weight is 441 g/mol. The number of nitrogens with zero attached hydrogens (tertiary/aromatic N) is 2. The SMILES string of the molecule is COc1cc(N2CCCS2(=O)=O)ccc1NS(=O)(=O)c1cc([N+](=O)[O-])ccc1C. The van der Waals surface area contributed by atoms with Gasteiger partial charge < -0.3 is 4.74 Å². The van der Waals surface area contributed by atoms with Crippen LogP contribution in [0.25, 0.3) is 0 Å². The first kappa shape index (κ1) is 20.9. The smallest absolute Gasteiger partial charge is 0.270 e. The number of anilines is 2. The van der Waals surface area contributed by atoms with Crippen molar-refractivity contribution in [2.45, 2.75) is 18.2 Å². The molecule has 0 amide bonds. The lowest BCUT2D eigenvalue weighted by Crippen LogP contribution is -2.25. The molecule has 0 aliphatic carbocycles. The molecule has 10 nitrogen and oxygen atoms in total. The van der Waals surface area contributed by atoms with Crippen molar-refractivity contribution < 1.29 is 26.5 Å². The van der Waals surface area contributed by atoms with Crippen molar-refractivity contribution in [3.8, 4) is 5.75 Å². The van der Waals surface area contributed by atoms with E-state index in [-0.39, 0.29) is 27.8 Å². The van der Waals surface area contributed by atoms with Crippen LogP contribution in [0.2, 0.25) is 0 Å². The molecule has 1 heterocycles. The van der Waals surface area contributed by atoms with E-state index >= 15 is 0 Å². The Hall–Kier alpha value is -2.86. The third kappa shape index (κ3) is 4.12. The van der Waals surface area contributed by atoms with Crippen molar-refractivity contribution in [1.82, 2.24) is 0 Å². The van der Waals surface area contributed by atoms with Crippen molar-refractivity contribution in [1.29, 1.82) is 0 Å². The van der Waals surface area contributed by atoms with Crippen LogP contribution in [0.4, 0.5) is 17.1 Å². The summed E-state index contributed by atoms with van der Waals surface area (Å²) in [6, 6.07) is 7.86. The maximum Gasteiger partial charge on any atom is 0.270 e. The van der Waals surface area contributed by atoms with Crippen LogP contribution in [0.5, 0.6) is 5.75 Å². The van der Waals surface area contributed by atoms with Gasteiger partial charge in [0.2, 0.25) is 10.0 Å². The third-order valence-corrected chi connectivity index (χ3v) is 7.87. The van der Waals surface area contributed by atoms with Gasteiger partial charge in [0.1, 0.15) is 5.75 Å². The van der Waals surface area contributed by atoms with E-state index in [9.17, 15) is 26.9 Å². The molecule has 29 heavy (non-hydrogen) atoms. The average Bonchev–Trinajstić information content (AvgIpc) is 3.01. The highest BCUT2D eigenvalue weighted by Crippen LogP contribution is 2.34. The van der Waals surface area contributed by atoms with Crippen LogP contribution >= 0.6 is 0 Å². The van der Waals surface area contributed by atoms with Crippen LogP contribution < -0.4 is 13.8 Å². The number of non-ortho nitro benzene ring substituents is 1. The van der Waals surface area contributed by atoms with Gasteiger partial charge in [0.05, 0.1) is 34.1 Å². The molecule has 12 heteroatoms. The molecule has 0 saturated carbocycles. The summed E-state index contributed by atoms with van der Waals surface area (Å²) in [5.41, 5.74) is 0.437. The maximum atomic E-state index is 12.8. The van der Waals surface area contributed by atoms with E-state index in [1.165, 1.54) is 48.7 Å². The van der Waals surface area contributed by atoms with E-state index < -0.39 is 25.0 Å². The summed E-state index contributed by atoms with van der Waals surface area (Å²) < 4.78 is 58.7. The van der Waals surface area contributed by atoms with Gasteiger partial charge in [0, 0.05) is 24.7 Å². The van der Waals surface area contributed by atoms with Crippen LogP contribution in [0.15, 0.2) is 41.3 Å². The normalized spacial score (nSPS) is 15.9. The minimum Gasteiger partial charge on any atom is -0.494 e. The second kappa shape index (κ2) is 7.52. The fourth-order valence-electron chi connectivity index (χ4n) is 3.04. The van der Waals surface area contributed by atoms with Crippen LogP contribution in [0, 0.1) is 17.0 Å². The molecule has 0 unspecified atom stereocenters. The zero-order chi connectivity index (χ0) is 21.4. The van der Waals surface area contributed by atoms with Gasteiger partial charge >= 0.3 is 0 Å². The molecule has 1 fully saturated rings. The monoisotopic (exact) mass is 441 g/mol. The molecule has 2 aromatic carbocycles. The third-order valence-electron chi connectivity index (χ3n) is 4.49. The Labute approximate surface area is 168 Å². The van der Waals surface area contributed by atoms with Crippen molar-refractivity contribution >= 4 is 37.1 Å². The molecule has 0 atom stereocenters. The van der Waals surface area contributed by atoms with Gasteiger partial charge in [0.15, 0.2) is 0 Å². The van der Waals surface area contributed by atoms with E-state index in [1.807, 2.05) is 0 Å². The molecule has 1 N–H and O–H groups in total. The number of nitro benzene ring substituents is 1. The van der Waals surface area contributed by atoms with Gasteiger partial charge in [-0.1, -0.05) is 6.07 Å². The van der Waals surface area contributed by atoms with Crippen LogP contribution in [0.3, 0.4) is 0 Å². The molecule has 3 rings (SSSR count). The molecule has 0 aromatic heterocycles. The molecule has 1 aliphatic rings. The lowest BCUT2D eigenvalue weighted by atomic mass is 10.2. The Morgan fingerprint density at radius 3 is 2.52 bits per heavy atom. The molecule has 156 valence electrons. The first-order valence-corrected chi connectivity index (χ1v) is 11.6. The van der Waals surface area contributed by atoms with Gasteiger partial charge in [0.25, 0.3) is 15.7 Å². The van der Waals surface area contributed by atoms with Gasteiger partial charge in [-0.15, -0.1) is 0 Å². The minimum absolute atomic E-state index is 0.0513. The molecule has 0 radical (unpaired) electrons. The van der Waals surface area contributed by atoms with Crippen molar-refractivity contribution in [3.63, 3.8) is 0 Å². The van der Waals surface area contributed by atoms with Gasteiger partial charge in [-0.05, 0) is 31.0 Å². The van der Waals surface area contributed by atoms with Crippen molar-refractivity contribution in [2.24, 2.45) is 0 Å². The number of hydrogen-bond donors (Lipinski definition) is 1. The highest BCUT2D eigenvalue weighted by molar-refractivity contribution is 7.93. The highest BCUT2D eigenvalue weighted by atomic mass is 32.2. The van der Waals surface area contributed by atoms with Crippen molar-refractivity contribution in [2.75, 3.05) is 28.4 Å². The largest absolute Gasteiger partial charge is 0.494 e. The molecule has 1 aliphatic heterocycles. The molecular weight excluding hydrogens is 422 g/mol. The summed E-state index contributed by atoms with van der Waals surface area (Å²) in [6.45, 7) is 1.86. The Bertz CT molecular complexity index is 1180. The Morgan fingerprint density at radius 1 is 1.21 bits per heavy atom. The number of nitrogens with one attached hydrogen (secondary N) is 1. The van der Waals surface area contributed by atoms with E-state index in [2.05, 4.69) is 4.72 Å². The summed E-state index contributed by atoms with van der Waals surface area (Å²) in [6.07, 6.45) is 0.505. The Balaban J connectivity index is 1.98. The number of ether oxygens (including phenoxy) is 1. The quantitative estimate of drug-likeness (QED) is 0.536. The molecule has 0 spiro atoms. The van der Waals surface area contributed by atoms with Gasteiger partial charge in [-0.2, -0.15) is 0 Å². The van der Waals surface area contributed by atoms with Crippen LogP contribution in [-0.4, -0.2) is 41.2 Å². The minimum atomic E-state index is -4.15. The summed E-state index contributed by atoms with van der Waals surface area (Å²) in [7, 11) is -6.23. The van der Waals surface area contributed by atoms with E-state index in [1.54, 1.807) is 0 Å². The number of nitro groups is 1.